The first-order chi connectivity index (χ1) is 19.1. The molecule has 1 saturated heterocycles. The lowest BCUT2D eigenvalue weighted by Crippen LogP contribution is -2.53. The van der Waals surface area contributed by atoms with Gasteiger partial charge in [-0.2, -0.15) is 15.2 Å². The fourth-order valence-corrected chi connectivity index (χ4v) is 4.31. The van der Waals surface area contributed by atoms with Crippen LogP contribution < -0.4 is 10.2 Å². The summed E-state index contributed by atoms with van der Waals surface area (Å²) in [4.78, 5) is 37.0. The Bertz CT molecular complexity index is 1540. The molecule has 0 aliphatic carbocycles. The van der Waals surface area contributed by atoms with E-state index in [4.69, 9.17) is 9.84 Å². The van der Waals surface area contributed by atoms with Crippen molar-refractivity contribution < 1.29 is 23.8 Å². The second kappa shape index (κ2) is 10.9. The summed E-state index contributed by atoms with van der Waals surface area (Å²) in [6.45, 7) is 6.15. The van der Waals surface area contributed by atoms with E-state index in [1.54, 1.807) is 61.0 Å². The van der Waals surface area contributed by atoms with Gasteiger partial charge >= 0.3 is 6.09 Å². The number of nitrogens with zero attached hydrogens (tertiary/aromatic N) is 8. The number of carbonyl (C=O) groups excluding carboxylic acids is 2. The highest BCUT2D eigenvalue weighted by Gasteiger charge is 2.31. The second-order valence-corrected chi connectivity index (χ2v) is 10.4. The monoisotopic (exact) mass is 551 g/mol. The van der Waals surface area contributed by atoms with E-state index in [-0.39, 0.29) is 38.7 Å². The van der Waals surface area contributed by atoms with Crippen molar-refractivity contribution in [3.8, 4) is 0 Å². The molecule has 0 radical (unpaired) electrons. The SMILES string of the molecule is CC(C)(C)OC(=O)N1CCN(c2cc(F)cc(Cn3ncc4cnc(Nc5cnn(CCO)c5)nc43)c2)C(=O)C1. The first-order valence-corrected chi connectivity index (χ1v) is 12.7. The number of halogens is 1. The molecule has 210 valence electrons. The largest absolute Gasteiger partial charge is 0.444 e. The summed E-state index contributed by atoms with van der Waals surface area (Å²) in [6.07, 6.45) is 6.03. The van der Waals surface area contributed by atoms with E-state index in [9.17, 15) is 14.0 Å². The topological polar surface area (TPSA) is 144 Å². The molecule has 1 aliphatic rings. The van der Waals surface area contributed by atoms with Gasteiger partial charge in [0.25, 0.3) is 0 Å². The summed E-state index contributed by atoms with van der Waals surface area (Å²) in [6, 6.07) is 4.41. The van der Waals surface area contributed by atoms with E-state index >= 15 is 0 Å². The molecule has 1 aliphatic heterocycles. The van der Waals surface area contributed by atoms with Gasteiger partial charge in [-0.15, -0.1) is 0 Å². The minimum absolute atomic E-state index is 0.0268. The minimum atomic E-state index is -0.670. The van der Waals surface area contributed by atoms with Crippen LogP contribution in [0.1, 0.15) is 26.3 Å². The van der Waals surface area contributed by atoms with Crippen molar-refractivity contribution in [1.82, 2.24) is 34.4 Å². The van der Waals surface area contributed by atoms with E-state index in [0.29, 0.717) is 40.5 Å². The lowest BCUT2D eigenvalue weighted by atomic mass is 10.1. The number of rotatable bonds is 7. The van der Waals surface area contributed by atoms with Crippen LogP contribution in [0.3, 0.4) is 0 Å². The van der Waals surface area contributed by atoms with Crippen LogP contribution in [0, 0.1) is 5.82 Å². The highest BCUT2D eigenvalue weighted by Crippen LogP contribution is 2.24. The molecule has 1 aromatic carbocycles. The van der Waals surface area contributed by atoms with Crippen LogP contribution in [-0.4, -0.2) is 83.4 Å². The van der Waals surface area contributed by atoms with Gasteiger partial charge in [-0.1, -0.05) is 0 Å². The van der Waals surface area contributed by atoms with Crippen molar-refractivity contribution in [3.63, 3.8) is 0 Å². The number of amides is 2. The van der Waals surface area contributed by atoms with E-state index in [0.717, 1.165) is 0 Å². The number of benzene rings is 1. The van der Waals surface area contributed by atoms with Gasteiger partial charge in [0, 0.05) is 31.2 Å². The zero-order valence-corrected chi connectivity index (χ0v) is 22.4. The molecular formula is C26H30FN9O4. The number of hydrogen-bond acceptors (Lipinski definition) is 9. The van der Waals surface area contributed by atoms with Gasteiger partial charge in [0.05, 0.1) is 43.2 Å². The first-order valence-electron chi connectivity index (χ1n) is 12.7. The Morgan fingerprint density at radius 2 is 1.98 bits per heavy atom. The maximum absolute atomic E-state index is 14.7. The molecule has 4 heterocycles. The van der Waals surface area contributed by atoms with Gasteiger partial charge in [0.15, 0.2) is 5.65 Å². The van der Waals surface area contributed by atoms with Gasteiger partial charge in [0.2, 0.25) is 11.9 Å². The van der Waals surface area contributed by atoms with Crippen LogP contribution in [0.2, 0.25) is 0 Å². The van der Waals surface area contributed by atoms with Crippen molar-refractivity contribution in [3.05, 3.63) is 54.4 Å². The molecule has 0 unspecified atom stereocenters. The Labute approximate surface area is 229 Å². The maximum atomic E-state index is 14.7. The normalized spacial score (nSPS) is 14.2. The third-order valence-corrected chi connectivity index (χ3v) is 6.05. The zero-order valence-electron chi connectivity index (χ0n) is 22.4. The summed E-state index contributed by atoms with van der Waals surface area (Å²) in [5, 5.41) is 21.4. The Morgan fingerprint density at radius 1 is 1.15 bits per heavy atom. The van der Waals surface area contributed by atoms with Crippen LogP contribution in [0.15, 0.2) is 43.0 Å². The number of ether oxygens (including phenoxy) is 1. The lowest BCUT2D eigenvalue weighted by molar-refractivity contribution is -0.121. The predicted molar refractivity (Wildman–Crippen MR) is 144 cm³/mol. The van der Waals surface area contributed by atoms with Crippen LogP contribution in [0.4, 0.5) is 26.5 Å². The number of hydrogen-bond donors (Lipinski definition) is 2. The minimum Gasteiger partial charge on any atom is -0.444 e. The summed E-state index contributed by atoms with van der Waals surface area (Å²) in [7, 11) is 0. The fourth-order valence-electron chi connectivity index (χ4n) is 4.31. The van der Waals surface area contributed by atoms with Crippen molar-refractivity contribution in [2.24, 2.45) is 0 Å². The summed E-state index contributed by atoms with van der Waals surface area (Å²) < 4.78 is 23.3. The van der Waals surface area contributed by atoms with Crippen molar-refractivity contribution in [2.75, 3.05) is 36.5 Å². The highest BCUT2D eigenvalue weighted by molar-refractivity contribution is 5.97. The first kappa shape index (κ1) is 27.0. The zero-order chi connectivity index (χ0) is 28.4. The fraction of sp³-hybridized carbons (Fsp3) is 0.385. The molecule has 13 nitrogen and oxygen atoms in total. The second-order valence-electron chi connectivity index (χ2n) is 10.4. The molecule has 4 aromatic rings. The average molecular weight is 552 g/mol. The molecule has 2 amide bonds. The average Bonchev–Trinajstić information content (AvgIpc) is 3.49. The highest BCUT2D eigenvalue weighted by atomic mass is 19.1. The Balaban J connectivity index is 1.31. The molecule has 0 atom stereocenters. The van der Waals surface area contributed by atoms with Crippen molar-refractivity contribution in [1.29, 1.82) is 0 Å². The molecule has 0 spiro atoms. The Morgan fingerprint density at radius 3 is 2.73 bits per heavy atom. The van der Waals surface area contributed by atoms with Crippen LogP contribution in [0.25, 0.3) is 11.0 Å². The van der Waals surface area contributed by atoms with E-state index < -0.39 is 17.5 Å². The van der Waals surface area contributed by atoms with Gasteiger partial charge in [-0.3, -0.25) is 14.4 Å². The third kappa shape index (κ3) is 6.17. The Hall–Kier alpha value is -4.59. The molecule has 3 aromatic heterocycles. The smallest absolute Gasteiger partial charge is 0.410 e. The lowest BCUT2D eigenvalue weighted by Gasteiger charge is -2.35. The van der Waals surface area contributed by atoms with Gasteiger partial charge in [0.1, 0.15) is 18.0 Å². The molecule has 0 saturated carbocycles. The quantitative estimate of drug-likeness (QED) is 0.354. The Kier molecular flexibility index (Phi) is 7.34. The molecule has 40 heavy (non-hydrogen) atoms. The van der Waals surface area contributed by atoms with Gasteiger partial charge < -0.3 is 20.1 Å². The number of piperazine rings is 1. The molecule has 0 bridgehead atoms. The number of aliphatic hydroxyl groups excluding tert-OH is 1. The third-order valence-electron chi connectivity index (χ3n) is 6.05. The predicted octanol–water partition coefficient (Wildman–Crippen LogP) is 2.53. The standard InChI is InChI=1S/C26H30FN9O4/c1-26(2,3)40-25(39)33-4-5-35(22(38)16-33)21-9-17(8-19(27)10-21)14-36-23-18(12-30-36)11-28-24(32-23)31-20-13-29-34(15-20)6-7-37/h8-13,15,37H,4-7,14,16H2,1-3H3,(H,28,31,32). The summed E-state index contributed by atoms with van der Waals surface area (Å²) in [5.41, 5.74) is 1.51. The number of fused-ring (bicyclic) bond motifs is 1. The molecule has 2 N–H and O–H groups in total. The number of aromatic nitrogens is 6. The molecule has 14 heteroatoms. The van der Waals surface area contributed by atoms with E-state index in [2.05, 4.69) is 25.5 Å². The van der Waals surface area contributed by atoms with Crippen molar-refractivity contribution >= 4 is 40.4 Å². The maximum Gasteiger partial charge on any atom is 0.410 e. The number of carbonyl (C=O) groups is 2. The number of nitrogens with one attached hydrogen (secondary N) is 1. The number of anilines is 3. The summed E-state index contributed by atoms with van der Waals surface area (Å²) in [5.74, 6) is -0.502. The van der Waals surface area contributed by atoms with E-state index in [1.165, 1.54) is 21.9 Å². The molecule has 5 rings (SSSR count). The van der Waals surface area contributed by atoms with E-state index in [1.807, 2.05) is 0 Å². The molecule has 1 fully saturated rings. The van der Waals surface area contributed by atoms with Gasteiger partial charge in [-0.25, -0.2) is 18.9 Å². The van der Waals surface area contributed by atoms with Gasteiger partial charge in [-0.05, 0) is 44.5 Å². The van der Waals surface area contributed by atoms with Crippen LogP contribution >= 0.6 is 0 Å². The molecular weight excluding hydrogens is 521 g/mol. The number of aliphatic hydroxyl groups is 1. The van der Waals surface area contributed by atoms with Crippen LogP contribution in [0.5, 0.6) is 0 Å². The summed E-state index contributed by atoms with van der Waals surface area (Å²) >= 11 is 0. The van der Waals surface area contributed by atoms with Crippen molar-refractivity contribution in [2.45, 2.75) is 39.5 Å². The van der Waals surface area contributed by atoms with Crippen LogP contribution in [-0.2, 0) is 22.6 Å².